The number of halogens is 1. The topological polar surface area (TPSA) is 20.2 Å². The molecule has 0 aliphatic rings. The molecule has 2 rings (SSSR count). The van der Waals surface area contributed by atoms with Gasteiger partial charge in [-0.3, -0.25) is 0 Å². The van der Waals surface area contributed by atoms with Gasteiger partial charge in [-0.2, -0.15) is 0 Å². The van der Waals surface area contributed by atoms with Crippen LogP contribution in [0, 0.1) is 0 Å². The summed E-state index contributed by atoms with van der Waals surface area (Å²) in [6.07, 6.45) is 3.29. The molecule has 0 aromatic heterocycles. The lowest BCUT2D eigenvalue weighted by Crippen LogP contribution is -1.92. The summed E-state index contributed by atoms with van der Waals surface area (Å²) < 4.78 is 0. The van der Waals surface area contributed by atoms with Gasteiger partial charge in [0, 0.05) is 0 Å². The molecule has 0 bridgehead atoms. The van der Waals surface area contributed by atoms with Crippen molar-refractivity contribution in [2.24, 2.45) is 0 Å². The lowest BCUT2D eigenvalue weighted by molar-refractivity contribution is 0.474. The van der Waals surface area contributed by atoms with Crippen LogP contribution in [0.4, 0.5) is 0 Å². The highest BCUT2D eigenvalue weighted by Crippen LogP contribution is 2.28. The van der Waals surface area contributed by atoms with Gasteiger partial charge in [-0.25, -0.2) is 0 Å². The van der Waals surface area contributed by atoms with Crippen molar-refractivity contribution < 1.29 is 5.11 Å². The van der Waals surface area contributed by atoms with E-state index in [-0.39, 0.29) is 0 Å². The molecule has 0 spiro atoms. The molecule has 1 N–H and O–H groups in total. The Morgan fingerprint density at radius 2 is 1.85 bits per heavy atom. The van der Waals surface area contributed by atoms with E-state index in [1.807, 2.05) is 12.1 Å². The Kier molecular flexibility index (Phi) is 6.10. The van der Waals surface area contributed by atoms with Gasteiger partial charge in [0.1, 0.15) is 12.8 Å². The molecule has 1 nitrogen and oxygen atoms in total. The highest BCUT2D eigenvalue weighted by atomic mass is 127. The maximum absolute atomic E-state index is 9.72. The fourth-order valence-electron chi connectivity index (χ4n) is 2.33. The fraction of sp³-hybridized carbons (Fsp3) is 0.294. The Hall–Kier alpha value is -0.813. The zero-order chi connectivity index (χ0) is 14.4. The van der Waals surface area contributed by atoms with Crippen LogP contribution in [0.3, 0.4) is 0 Å². The molecule has 0 saturated carbocycles. The monoisotopic (exact) mass is 394 g/mol. The Morgan fingerprint density at radius 3 is 2.50 bits per heavy atom. The van der Waals surface area contributed by atoms with Crippen LogP contribution >= 0.6 is 21.8 Å². The average molecular weight is 394 g/mol. The van der Waals surface area contributed by atoms with Gasteiger partial charge in [-0.1, -0.05) is 49.7 Å². The maximum Gasteiger partial charge on any atom is 0.130 e. The Labute approximate surface area is 136 Å². The van der Waals surface area contributed by atoms with Crippen molar-refractivity contribution in [1.29, 1.82) is 0 Å². The van der Waals surface area contributed by atoms with Crippen molar-refractivity contribution >= 4 is 28.8 Å². The molecule has 0 fully saturated rings. The average Bonchev–Trinajstić information content (AvgIpc) is 2.48. The molecule has 0 heterocycles. The van der Waals surface area contributed by atoms with Gasteiger partial charge in [0.25, 0.3) is 0 Å². The molecule has 2 aromatic rings. The maximum atomic E-state index is 9.72. The Morgan fingerprint density at radius 1 is 1.10 bits per heavy atom. The quantitative estimate of drug-likeness (QED) is 0.316. The summed E-state index contributed by atoms with van der Waals surface area (Å²) in [5.41, 5.74) is 5.11. The first-order valence-electron chi connectivity index (χ1n) is 6.99. The summed E-state index contributed by atoms with van der Waals surface area (Å²) in [7, 11) is 0.976. The number of benzene rings is 2. The number of phenols is 1. The van der Waals surface area contributed by atoms with Crippen molar-refractivity contribution in [3.8, 4) is 16.9 Å². The first-order chi connectivity index (χ1) is 9.74. The molecule has 0 saturated heterocycles. The van der Waals surface area contributed by atoms with Crippen molar-refractivity contribution in [3.63, 3.8) is 0 Å². The number of phenolic OH excluding ortho intramolecular Hbond substituents is 1. The molecule has 0 amide bonds. The van der Waals surface area contributed by atoms with Crippen LogP contribution in [0.25, 0.3) is 11.1 Å². The third kappa shape index (κ3) is 4.09. The minimum atomic E-state index is 0.367. The SMILES string of the molecule is CCc1ccc(-c2ccc(O)cc2CCC[Si]I)cc1. The number of rotatable bonds is 6. The minimum absolute atomic E-state index is 0.367. The van der Waals surface area contributed by atoms with E-state index in [1.54, 1.807) is 6.07 Å². The summed E-state index contributed by atoms with van der Waals surface area (Å²) in [6.45, 7) is 2.17. The van der Waals surface area contributed by atoms with E-state index in [4.69, 9.17) is 0 Å². The van der Waals surface area contributed by atoms with E-state index in [0.717, 1.165) is 19.9 Å². The summed E-state index contributed by atoms with van der Waals surface area (Å²) in [5, 5.41) is 9.72. The lowest BCUT2D eigenvalue weighted by Gasteiger charge is -2.11. The highest BCUT2D eigenvalue weighted by Gasteiger charge is 2.06. The van der Waals surface area contributed by atoms with Gasteiger partial charge < -0.3 is 5.11 Å². The van der Waals surface area contributed by atoms with E-state index in [0.29, 0.717) is 5.75 Å². The minimum Gasteiger partial charge on any atom is -0.508 e. The normalized spacial score (nSPS) is 10.7. The zero-order valence-corrected chi connectivity index (χ0v) is 14.9. The van der Waals surface area contributed by atoms with Crippen LogP contribution < -0.4 is 0 Å². The van der Waals surface area contributed by atoms with Gasteiger partial charge in [0.2, 0.25) is 0 Å². The summed E-state index contributed by atoms with van der Waals surface area (Å²) in [6, 6.07) is 15.8. The van der Waals surface area contributed by atoms with Gasteiger partial charge in [0.05, 0.1) is 0 Å². The van der Waals surface area contributed by atoms with E-state index < -0.39 is 0 Å². The third-order valence-electron chi connectivity index (χ3n) is 3.48. The van der Waals surface area contributed by atoms with E-state index in [2.05, 4.69) is 53.0 Å². The van der Waals surface area contributed by atoms with Crippen LogP contribution in [0.15, 0.2) is 42.5 Å². The summed E-state index contributed by atoms with van der Waals surface area (Å²) >= 11 is 2.44. The molecule has 0 unspecified atom stereocenters. The molecular weight excluding hydrogens is 375 g/mol. The van der Waals surface area contributed by atoms with Crippen molar-refractivity contribution in [2.45, 2.75) is 32.2 Å². The number of aryl methyl sites for hydroxylation is 2. The molecule has 2 radical (unpaired) electrons. The second-order valence-corrected chi connectivity index (χ2v) is 7.93. The van der Waals surface area contributed by atoms with Crippen LogP contribution in [0.2, 0.25) is 6.04 Å². The number of hydrogen-bond donors (Lipinski definition) is 1. The van der Waals surface area contributed by atoms with Crippen molar-refractivity contribution in [3.05, 3.63) is 53.6 Å². The van der Waals surface area contributed by atoms with Crippen LogP contribution in [0.1, 0.15) is 24.5 Å². The molecule has 2 aromatic carbocycles. The van der Waals surface area contributed by atoms with Crippen molar-refractivity contribution in [2.75, 3.05) is 0 Å². The van der Waals surface area contributed by atoms with E-state index in [1.165, 1.54) is 34.7 Å². The van der Waals surface area contributed by atoms with E-state index >= 15 is 0 Å². The summed E-state index contributed by atoms with van der Waals surface area (Å²) in [5.74, 6) is 0.367. The molecule has 3 heteroatoms. The zero-order valence-electron chi connectivity index (χ0n) is 11.7. The van der Waals surface area contributed by atoms with Gasteiger partial charge in [0.15, 0.2) is 0 Å². The first-order valence-corrected chi connectivity index (χ1v) is 11.3. The molecule has 0 aliphatic heterocycles. The lowest BCUT2D eigenvalue weighted by atomic mass is 9.95. The van der Waals surface area contributed by atoms with Crippen molar-refractivity contribution in [1.82, 2.24) is 0 Å². The standard InChI is InChI=1S/C17H19IOSi/c1-2-13-5-7-14(8-6-13)17-10-9-16(19)12-15(17)4-3-11-20-18/h5-10,12,19H,2-4,11H2,1H3. The fourth-order valence-corrected chi connectivity index (χ4v) is 3.79. The van der Waals surface area contributed by atoms with E-state index in [9.17, 15) is 5.11 Å². The highest BCUT2D eigenvalue weighted by molar-refractivity contribution is 14.1. The van der Waals surface area contributed by atoms with Crippen LogP contribution in [0.5, 0.6) is 5.75 Å². The first kappa shape index (κ1) is 15.6. The predicted molar refractivity (Wildman–Crippen MR) is 95.8 cm³/mol. The summed E-state index contributed by atoms with van der Waals surface area (Å²) in [4.78, 5) is 0. The largest absolute Gasteiger partial charge is 0.508 e. The van der Waals surface area contributed by atoms with Crippen LogP contribution in [-0.4, -0.2) is 12.1 Å². The molecule has 0 aliphatic carbocycles. The van der Waals surface area contributed by atoms with Gasteiger partial charge in [-0.15, -0.1) is 21.8 Å². The Bertz CT molecular complexity index is 551. The molecular formula is C17H19IOSi. The number of aromatic hydroxyl groups is 1. The Balaban J connectivity index is 2.28. The van der Waals surface area contributed by atoms with Gasteiger partial charge >= 0.3 is 0 Å². The number of hydrogen-bond acceptors (Lipinski definition) is 1. The second-order valence-electron chi connectivity index (χ2n) is 4.88. The molecule has 104 valence electrons. The predicted octanol–water partition coefficient (Wildman–Crippen LogP) is 5.03. The molecule has 0 atom stereocenters. The smallest absolute Gasteiger partial charge is 0.130 e. The second kappa shape index (κ2) is 7.83. The van der Waals surface area contributed by atoms with Crippen LogP contribution in [-0.2, 0) is 12.8 Å². The van der Waals surface area contributed by atoms with Gasteiger partial charge in [-0.05, 0) is 47.2 Å². The molecule has 20 heavy (non-hydrogen) atoms. The third-order valence-corrected chi connectivity index (χ3v) is 5.64.